The van der Waals surface area contributed by atoms with Gasteiger partial charge in [0, 0.05) is 24.2 Å². The highest BCUT2D eigenvalue weighted by atomic mass is 16.5. The molecule has 2 aromatic carbocycles. The van der Waals surface area contributed by atoms with E-state index in [1.807, 2.05) is 6.07 Å². The first-order valence-corrected chi connectivity index (χ1v) is 10.7. The smallest absolute Gasteiger partial charge is 0.124 e. The Morgan fingerprint density at radius 2 is 1.82 bits per heavy atom. The second-order valence-corrected chi connectivity index (χ2v) is 7.97. The fraction of sp³-hybridized carbons (Fsp3) is 0.500. The Kier molecular flexibility index (Phi) is 6.50. The van der Waals surface area contributed by atoms with Gasteiger partial charge in [0.05, 0.1) is 13.2 Å². The molecule has 0 aromatic heterocycles. The lowest BCUT2D eigenvalue weighted by atomic mass is 9.92. The van der Waals surface area contributed by atoms with Gasteiger partial charge in [-0.15, -0.1) is 0 Å². The van der Waals surface area contributed by atoms with Crippen molar-refractivity contribution in [2.45, 2.75) is 63.3 Å². The van der Waals surface area contributed by atoms with E-state index in [9.17, 15) is 0 Å². The first kappa shape index (κ1) is 19.3. The third-order valence-corrected chi connectivity index (χ3v) is 6.04. The third-order valence-electron chi connectivity index (χ3n) is 6.04. The molecule has 2 fully saturated rings. The molecule has 4 rings (SSSR count). The van der Waals surface area contributed by atoms with Crippen molar-refractivity contribution < 1.29 is 9.47 Å². The molecule has 0 amide bonds. The quantitative estimate of drug-likeness (QED) is 0.737. The van der Waals surface area contributed by atoms with Crippen molar-refractivity contribution in [2.75, 3.05) is 13.7 Å². The molecule has 0 bridgehead atoms. The Morgan fingerprint density at radius 3 is 2.61 bits per heavy atom. The molecule has 1 heterocycles. The molecule has 2 atom stereocenters. The van der Waals surface area contributed by atoms with Crippen LogP contribution in [0.4, 0.5) is 0 Å². The van der Waals surface area contributed by atoms with Crippen molar-refractivity contribution in [3.05, 3.63) is 59.7 Å². The fourth-order valence-corrected chi connectivity index (χ4v) is 4.48. The lowest BCUT2D eigenvalue weighted by molar-refractivity contribution is 0.206. The van der Waals surface area contributed by atoms with E-state index in [1.54, 1.807) is 7.11 Å². The van der Waals surface area contributed by atoms with Gasteiger partial charge in [0.2, 0.25) is 0 Å². The van der Waals surface area contributed by atoms with Crippen molar-refractivity contribution >= 4 is 0 Å². The minimum Gasteiger partial charge on any atom is -0.497 e. The molecule has 0 radical (unpaired) electrons. The fourth-order valence-electron chi connectivity index (χ4n) is 4.48. The molecule has 2 aliphatic rings. The number of rotatable bonds is 7. The van der Waals surface area contributed by atoms with Gasteiger partial charge in [-0.05, 0) is 68.8 Å². The Bertz CT molecular complexity index is 744. The molecule has 4 nitrogen and oxygen atoms in total. The summed E-state index contributed by atoms with van der Waals surface area (Å²) in [7, 11) is 1.72. The maximum atomic E-state index is 6.35. The molecule has 2 N–H and O–H groups in total. The number of nitrogens with one attached hydrogen (secondary N) is 2. The highest BCUT2D eigenvalue weighted by Gasteiger charge is 2.26. The van der Waals surface area contributed by atoms with Crippen molar-refractivity contribution in [2.24, 2.45) is 0 Å². The van der Waals surface area contributed by atoms with Gasteiger partial charge >= 0.3 is 0 Å². The van der Waals surface area contributed by atoms with Gasteiger partial charge in [0.15, 0.2) is 0 Å². The summed E-state index contributed by atoms with van der Waals surface area (Å²) in [6.07, 6.45) is 7.63. The molecule has 2 aromatic rings. The topological polar surface area (TPSA) is 42.5 Å². The normalized spacial score (nSPS) is 22.9. The van der Waals surface area contributed by atoms with E-state index in [-0.39, 0.29) is 0 Å². The van der Waals surface area contributed by atoms with Crippen LogP contribution < -0.4 is 20.1 Å². The van der Waals surface area contributed by atoms with Crippen LogP contribution in [-0.2, 0) is 6.54 Å². The summed E-state index contributed by atoms with van der Waals surface area (Å²) in [5, 5.41) is 7.50. The highest BCUT2D eigenvalue weighted by molar-refractivity contribution is 5.40. The van der Waals surface area contributed by atoms with E-state index in [0.29, 0.717) is 18.2 Å². The molecular formula is C24H32N2O2. The standard InChI is InChI=1S/C24H32N2O2/c1-27-21-13-14-23(28-20-10-5-6-11-20)19(16-21)17-26-22-12-7-15-25-24(22)18-8-3-2-4-9-18/h2-4,8-9,13-14,16,20,22,24-26H,5-7,10-12,15,17H2,1H3/t22-,24-/m0/s1. The molecule has 1 saturated carbocycles. The Hall–Kier alpha value is -2.04. The van der Waals surface area contributed by atoms with E-state index in [4.69, 9.17) is 9.47 Å². The SMILES string of the molecule is COc1ccc(OC2CCCC2)c(CN[C@H]2CCCN[C@H]2c2ccccc2)c1. The number of benzene rings is 2. The first-order chi connectivity index (χ1) is 13.8. The molecule has 1 aliphatic heterocycles. The summed E-state index contributed by atoms with van der Waals surface area (Å²) in [5.74, 6) is 1.89. The Balaban J connectivity index is 1.47. The van der Waals surface area contributed by atoms with Gasteiger partial charge in [-0.1, -0.05) is 30.3 Å². The van der Waals surface area contributed by atoms with Crippen LogP contribution in [0.15, 0.2) is 48.5 Å². The summed E-state index contributed by atoms with van der Waals surface area (Å²) in [5.41, 5.74) is 2.54. The number of hydrogen-bond donors (Lipinski definition) is 2. The monoisotopic (exact) mass is 380 g/mol. The number of piperidine rings is 1. The molecule has 28 heavy (non-hydrogen) atoms. The average Bonchev–Trinajstić information content (AvgIpc) is 3.27. The number of methoxy groups -OCH3 is 1. The van der Waals surface area contributed by atoms with Crippen molar-refractivity contribution in [3.8, 4) is 11.5 Å². The van der Waals surface area contributed by atoms with Gasteiger partial charge in [0.1, 0.15) is 11.5 Å². The van der Waals surface area contributed by atoms with E-state index in [1.165, 1.54) is 49.7 Å². The van der Waals surface area contributed by atoms with Gasteiger partial charge in [-0.3, -0.25) is 0 Å². The molecular weight excluding hydrogens is 348 g/mol. The van der Waals surface area contributed by atoms with Crippen LogP contribution in [0.5, 0.6) is 11.5 Å². The molecule has 0 unspecified atom stereocenters. The van der Waals surface area contributed by atoms with E-state index >= 15 is 0 Å². The van der Waals surface area contributed by atoms with E-state index in [2.05, 4.69) is 53.1 Å². The first-order valence-electron chi connectivity index (χ1n) is 10.7. The van der Waals surface area contributed by atoms with E-state index < -0.39 is 0 Å². The largest absolute Gasteiger partial charge is 0.497 e. The summed E-state index contributed by atoms with van der Waals surface area (Å²) >= 11 is 0. The van der Waals surface area contributed by atoms with Crippen LogP contribution in [0.2, 0.25) is 0 Å². The van der Waals surface area contributed by atoms with Gasteiger partial charge in [-0.25, -0.2) is 0 Å². The minimum absolute atomic E-state index is 0.347. The summed E-state index contributed by atoms with van der Waals surface area (Å²) in [6, 6.07) is 17.7. The predicted octanol–water partition coefficient (Wildman–Crippen LogP) is 4.60. The molecule has 0 spiro atoms. The van der Waals surface area contributed by atoms with Crippen LogP contribution >= 0.6 is 0 Å². The lowest BCUT2D eigenvalue weighted by Gasteiger charge is -2.34. The minimum atomic E-state index is 0.347. The summed E-state index contributed by atoms with van der Waals surface area (Å²) in [6.45, 7) is 1.86. The van der Waals surface area contributed by atoms with Crippen LogP contribution in [0, 0.1) is 0 Å². The zero-order valence-corrected chi connectivity index (χ0v) is 16.8. The third kappa shape index (κ3) is 4.68. The second kappa shape index (κ2) is 9.44. The van der Waals surface area contributed by atoms with Crippen LogP contribution in [0.25, 0.3) is 0 Å². The average molecular weight is 381 g/mol. The van der Waals surface area contributed by atoms with Crippen molar-refractivity contribution in [1.82, 2.24) is 10.6 Å². The molecule has 4 heteroatoms. The molecule has 1 saturated heterocycles. The molecule has 150 valence electrons. The van der Waals surface area contributed by atoms with Gasteiger partial charge in [0.25, 0.3) is 0 Å². The zero-order chi connectivity index (χ0) is 19.2. The maximum absolute atomic E-state index is 6.35. The van der Waals surface area contributed by atoms with Gasteiger partial charge < -0.3 is 20.1 Å². The van der Waals surface area contributed by atoms with Gasteiger partial charge in [-0.2, -0.15) is 0 Å². The maximum Gasteiger partial charge on any atom is 0.124 e. The van der Waals surface area contributed by atoms with Crippen LogP contribution in [-0.4, -0.2) is 25.8 Å². The Labute approximate surface area is 168 Å². The van der Waals surface area contributed by atoms with Crippen molar-refractivity contribution in [1.29, 1.82) is 0 Å². The van der Waals surface area contributed by atoms with Crippen LogP contribution in [0.1, 0.15) is 55.7 Å². The lowest BCUT2D eigenvalue weighted by Crippen LogP contribution is -2.45. The zero-order valence-electron chi connectivity index (χ0n) is 16.8. The molecule has 1 aliphatic carbocycles. The van der Waals surface area contributed by atoms with Crippen molar-refractivity contribution in [3.63, 3.8) is 0 Å². The van der Waals surface area contributed by atoms with Crippen LogP contribution in [0.3, 0.4) is 0 Å². The highest BCUT2D eigenvalue weighted by Crippen LogP contribution is 2.30. The summed E-state index contributed by atoms with van der Waals surface area (Å²) < 4.78 is 11.8. The number of hydrogen-bond acceptors (Lipinski definition) is 4. The Morgan fingerprint density at radius 1 is 1.00 bits per heavy atom. The number of ether oxygens (including phenoxy) is 2. The second-order valence-electron chi connectivity index (χ2n) is 7.97. The predicted molar refractivity (Wildman–Crippen MR) is 113 cm³/mol. The van der Waals surface area contributed by atoms with E-state index in [0.717, 1.165) is 24.6 Å². The summed E-state index contributed by atoms with van der Waals surface area (Å²) in [4.78, 5) is 0.